The van der Waals surface area contributed by atoms with Crippen LogP contribution in [-0.4, -0.2) is 62.8 Å². The van der Waals surface area contributed by atoms with Crippen LogP contribution in [0.3, 0.4) is 0 Å². The number of guanidine groups is 1. The molecule has 0 bridgehead atoms. The zero-order valence-electron chi connectivity index (χ0n) is 17.8. The quantitative estimate of drug-likeness (QED) is 0.309. The van der Waals surface area contributed by atoms with Crippen molar-refractivity contribution < 1.29 is 0 Å². The number of hydrogen-bond donors (Lipinski definition) is 2. The molecule has 1 unspecified atom stereocenters. The minimum Gasteiger partial charge on any atom is -0.356 e. The second kappa shape index (κ2) is 11.8. The Kier molecular flexibility index (Phi) is 9.76. The Hall–Kier alpha value is -1.27. The van der Waals surface area contributed by atoms with Gasteiger partial charge in [0.1, 0.15) is 12.4 Å². The molecule has 1 fully saturated rings. The molecular weight excluding hydrogens is 499 g/mol. The first-order valence-corrected chi connectivity index (χ1v) is 10.9. The Balaban J connectivity index is 0.00000300. The van der Waals surface area contributed by atoms with E-state index in [0.29, 0.717) is 12.6 Å². The molecule has 0 spiro atoms. The first-order chi connectivity index (χ1) is 13.6. The van der Waals surface area contributed by atoms with E-state index in [0.717, 1.165) is 48.7 Å². The van der Waals surface area contributed by atoms with E-state index in [-0.39, 0.29) is 24.0 Å². The van der Waals surface area contributed by atoms with Crippen molar-refractivity contribution in [2.45, 2.75) is 52.6 Å². The highest BCUT2D eigenvalue weighted by Gasteiger charge is 2.22. The monoisotopic (exact) mass is 532 g/mol. The highest BCUT2D eigenvalue weighted by atomic mass is 127. The molecule has 3 heterocycles. The van der Waals surface area contributed by atoms with Crippen molar-refractivity contribution in [3.63, 3.8) is 0 Å². The number of likely N-dealkylation sites (tertiary alicyclic amines) is 1. The number of aliphatic imine (C=N–C) groups is 1. The summed E-state index contributed by atoms with van der Waals surface area (Å²) < 4.78 is 1.98. The van der Waals surface area contributed by atoms with Gasteiger partial charge in [0, 0.05) is 43.7 Å². The maximum absolute atomic E-state index is 4.75. The maximum Gasteiger partial charge on any atom is 0.191 e. The van der Waals surface area contributed by atoms with E-state index in [1.165, 1.54) is 24.3 Å². The van der Waals surface area contributed by atoms with Gasteiger partial charge in [-0.2, -0.15) is 0 Å². The van der Waals surface area contributed by atoms with Crippen LogP contribution in [0.1, 0.15) is 41.3 Å². The Morgan fingerprint density at radius 1 is 1.31 bits per heavy atom. The van der Waals surface area contributed by atoms with Gasteiger partial charge >= 0.3 is 0 Å². The second-order valence-electron chi connectivity index (χ2n) is 7.23. The lowest BCUT2D eigenvalue weighted by Gasteiger charge is -2.24. The van der Waals surface area contributed by atoms with Crippen molar-refractivity contribution in [1.82, 2.24) is 35.3 Å². The topological polar surface area (TPSA) is 83.3 Å². The van der Waals surface area contributed by atoms with Crippen LogP contribution in [0.4, 0.5) is 0 Å². The number of halogens is 1. The third-order valence-electron chi connectivity index (χ3n) is 5.27. The number of hydrogen-bond acceptors (Lipinski definition) is 6. The summed E-state index contributed by atoms with van der Waals surface area (Å²) in [5.41, 5.74) is 0. The SMILES string of the molecule is CCN1CCCC1CNC(=NCc1nnc(C)n1C)NCCc1ncc(C)s1.I. The standard InChI is InChI=1S/C19H32N8S.HI/c1-5-27-10-6-7-16(27)12-22-19(20-9-8-18-21-11-14(2)28-18)23-13-17-25-24-15(3)26(17)4;/h11,16H,5-10,12-13H2,1-4H3,(H2,20,22,23);1H. The smallest absolute Gasteiger partial charge is 0.191 e. The third-order valence-corrected chi connectivity index (χ3v) is 6.24. The summed E-state index contributed by atoms with van der Waals surface area (Å²) >= 11 is 1.75. The van der Waals surface area contributed by atoms with Crippen molar-refractivity contribution in [2.24, 2.45) is 12.0 Å². The van der Waals surface area contributed by atoms with Crippen molar-refractivity contribution >= 4 is 41.3 Å². The molecule has 0 amide bonds. The highest BCUT2D eigenvalue weighted by molar-refractivity contribution is 14.0. The minimum atomic E-state index is 0. The molecule has 2 N–H and O–H groups in total. The van der Waals surface area contributed by atoms with Gasteiger partial charge in [0.05, 0.1) is 5.01 Å². The highest BCUT2D eigenvalue weighted by Crippen LogP contribution is 2.15. The number of rotatable bonds is 8. The average Bonchev–Trinajstić information content (AvgIpc) is 3.39. The fourth-order valence-electron chi connectivity index (χ4n) is 3.47. The second-order valence-corrected chi connectivity index (χ2v) is 8.55. The largest absolute Gasteiger partial charge is 0.356 e. The molecule has 0 aromatic carbocycles. The van der Waals surface area contributed by atoms with Gasteiger partial charge in [0.25, 0.3) is 0 Å². The molecule has 1 atom stereocenters. The minimum absolute atomic E-state index is 0. The molecule has 10 heteroatoms. The lowest BCUT2D eigenvalue weighted by Crippen LogP contribution is -2.45. The van der Waals surface area contributed by atoms with Crippen LogP contribution < -0.4 is 10.6 Å². The summed E-state index contributed by atoms with van der Waals surface area (Å²) in [7, 11) is 1.98. The first kappa shape index (κ1) is 24.0. The van der Waals surface area contributed by atoms with Crippen molar-refractivity contribution in [1.29, 1.82) is 0 Å². The normalized spacial score (nSPS) is 17.4. The molecule has 0 saturated carbocycles. The number of aryl methyl sites for hydroxylation is 2. The first-order valence-electron chi connectivity index (χ1n) is 10.1. The zero-order chi connectivity index (χ0) is 19.9. The van der Waals surface area contributed by atoms with Gasteiger partial charge in [-0.15, -0.1) is 45.5 Å². The van der Waals surface area contributed by atoms with Crippen LogP contribution in [0.15, 0.2) is 11.2 Å². The van der Waals surface area contributed by atoms with E-state index >= 15 is 0 Å². The molecular formula is C19H33IN8S. The van der Waals surface area contributed by atoms with Gasteiger partial charge < -0.3 is 15.2 Å². The number of aromatic nitrogens is 4. The molecule has 162 valence electrons. The lowest BCUT2D eigenvalue weighted by molar-refractivity contribution is 0.267. The molecule has 2 aromatic rings. The number of nitrogens with one attached hydrogen (secondary N) is 2. The van der Waals surface area contributed by atoms with Crippen LogP contribution in [0.5, 0.6) is 0 Å². The van der Waals surface area contributed by atoms with Crippen LogP contribution in [0, 0.1) is 13.8 Å². The van der Waals surface area contributed by atoms with Gasteiger partial charge in [-0.05, 0) is 39.8 Å². The van der Waals surface area contributed by atoms with Gasteiger partial charge in [-0.3, -0.25) is 4.90 Å². The Morgan fingerprint density at radius 3 is 2.79 bits per heavy atom. The molecule has 1 aliphatic heterocycles. The fraction of sp³-hybridized carbons (Fsp3) is 0.684. The number of thiazole rings is 1. The van der Waals surface area contributed by atoms with Gasteiger partial charge in [-0.1, -0.05) is 6.92 Å². The summed E-state index contributed by atoms with van der Waals surface area (Å²) in [4.78, 5) is 13.0. The van der Waals surface area contributed by atoms with E-state index < -0.39 is 0 Å². The summed E-state index contributed by atoms with van der Waals surface area (Å²) in [5, 5.41) is 16.5. The van der Waals surface area contributed by atoms with E-state index in [9.17, 15) is 0 Å². The molecule has 0 aliphatic carbocycles. The van der Waals surface area contributed by atoms with Gasteiger partial charge in [0.2, 0.25) is 0 Å². The van der Waals surface area contributed by atoms with Crippen molar-refractivity contribution in [3.8, 4) is 0 Å². The summed E-state index contributed by atoms with van der Waals surface area (Å²) in [6.45, 7) is 10.8. The molecule has 1 saturated heterocycles. The molecule has 2 aromatic heterocycles. The van der Waals surface area contributed by atoms with Crippen molar-refractivity contribution in [2.75, 3.05) is 26.2 Å². The maximum atomic E-state index is 4.75. The Labute approximate surface area is 194 Å². The molecule has 8 nitrogen and oxygen atoms in total. The molecule has 3 rings (SSSR count). The van der Waals surface area contributed by atoms with Gasteiger partial charge in [0.15, 0.2) is 11.8 Å². The summed E-state index contributed by atoms with van der Waals surface area (Å²) in [6.07, 6.45) is 5.35. The average molecular weight is 533 g/mol. The Bertz CT molecular complexity index is 787. The van der Waals surface area contributed by atoms with Crippen LogP contribution in [0.25, 0.3) is 0 Å². The summed E-state index contributed by atoms with van der Waals surface area (Å²) in [5.74, 6) is 2.60. The third kappa shape index (κ3) is 6.88. The lowest BCUT2D eigenvalue weighted by atomic mass is 10.2. The number of likely N-dealkylation sites (N-methyl/N-ethyl adjacent to an activating group) is 1. The Morgan fingerprint density at radius 2 is 2.14 bits per heavy atom. The van der Waals surface area contributed by atoms with E-state index in [2.05, 4.69) is 44.6 Å². The number of nitrogens with zero attached hydrogens (tertiary/aromatic N) is 6. The van der Waals surface area contributed by atoms with Crippen molar-refractivity contribution in [3.05, 3.63) is 27.7 Å². The predicted octanol–water partition coefficient (Wildman–Crippen LogP) is 2.27. The van der Waals surface area contributed by atoms with E-state index in [4.69, 9.17) is 4.99 Å². The van der Waals surface area contributed by atoms with E-state index in [1.807, 2.05) is 24.7 Å². The summed E-state index contributed by atoms with van der Waals surface area (Å²) in [6, 6.07) is 0.579. The zero-order valence-corrected chi connectivity index (χ0v) is 21.0. The molecule has 0 radical (unpaired) electrons. The van der Waals surface area contributed by atoms with Crippen LogP contribution >= 0.6 is 35.3 Å². The van der Waals surface area contributed by atoms with E-state index in [1.54, 1.807) is 11.3 Å². The van der Waals surface area contributed by atoms with Gasteiger partial charge in [-0.25, -0.2) is 9.98 Å². The predicted molar refractivity (Wildman–Crippen MR) is 129 cm³/mol. The van der Waals surface area contributed by atoms with Crippen LogP contribution in [0.2, 0.25) is 0 Å². The fourth-order valence-corrected chi connectivity index (χ4v) is 4.26. The molecule has 29 heavy (non-hydrogen) atoms. The molecule has 1 aliphatic rings. The van der Waals surface area contributed by atoms with Crippen LogP contribution in [-0.2, 0) is 20.0 Å².